The van der Waals surface area contributed by atoms with E-state index in [9.17, 15) is 9.59 Å². The Hall–Kier alpha value is -2.30. The summed E-state index contributed by atoms with van der Waals surface area (Å²) >= 11 is 0. The largest absolute Gasteiger partial charge is 0.464 e. The summed E-state index contributed by atoms with van der Waals surface area (Å²) in [6.07, 6.45) is 3.52. The zero-order valence-corrected chi connectivity index (χ0v) is 17.1. The van der Waals surface area contributed by atoms with Crippen molar-refractivity contribution in [1.82, 2.24) is 4.90 Å². The molecule has 0 fully saturated rings. The third kappa shape index (κ3) is 6.74. The summed E-state index contributed by atoms with van der Waals surface area (Å²) < 4.78 is 10.7. The number of hydrogen-bond acceptors (Lipinski definition) is 4. The van der Waals surface area contributed by atoms with Crippen LogP contribution in [-0.4, -0.2) is 28.9 Å². The molecule has 5 nitrogen and oxygen atoms in total. The van der Waals surface area contributed by atoms with Crippen molar-refractivity contribution in [1.29, 1.82) is 0 Å². The fourth-order valence-electron chi connectivity index (χ4n) is 2.93. The Morgan fingerprint density at radius 2 is 1.89 bits per heavy atom. The predicted molar refractivity (Wildman–Crippen MR) is 106 cm³/mol. The van der Waals surface area contributed by atoms with E-state index in [1.165, 1.54) is 0 Å². The van der Waals surface area contributed by atoms with E-state index in [0.29, 0.717) is 25.9 Å². The number of furan rings is 1. The lowest BCUT2D eigenvalue weighted by molar-refractivity contribution is -0.154. The highest BCUT2D eigenvalue weighted by molar-refractivity contribution is 5.79. The number of rotatable bonds is 8. The summed E-state index contributed by atoms with van der Waals surface area (Å²) in [5.74, 6) is -0.122. The smallest absolute Gasteiger partial charge is 0.306 e. The predicted octanol–water partition coefficient (Wildman–Crippen LogP) is 4.93. The molecule has 2 aromatic rings. The third-order valence-corrected chi connectivity index (χ3v) is 4.17. The van der Waals surface area contributed by atoms with Crippen molar-refractivity contribution in [3.63, 3.8) is 0 Å². The standard InChI is InChI=1S/C22H31NO4/c1-16(2)21(25)23(12-7-6-8-20(24)27-22(3,4)5)15-17-9-10-19-18(14-17)11-13-26-19/h9-11,13-14,16H,6-8,12,15H2,1-5H3. The number of amides is 1. The molecule has 0 atom stereocenters. The van der Waals surface area contributed by atoms with Gasteiger partial charge in [-0.2, -0.15) is 0 Å². The molecule has 0 saturated carbocycles. The SMILES string of the molecule is CC(C)C(=O)N(CCCCC(=O)OC(C)(C)C)Cc1ccc2occc2c1. The molecule has 5 heteroatoms. The van der Waals surface area contributed by atoms with Crippen molar-refractivity contribution in [2.75, 3.05) is 6.54 Å². The van der Waals surface area contributed by atoms with Crippen LogP contribution in [0.2, 0.25) is 0 Å². The highest BCUT2D eigenvalue weighted by Crippen LogP contribution is 2.19. The minimum atomic E-state index is -0.456. The second-order valence-electron chi connectivity index (χ2n) is 8.25. The number of benzene rings is 1. The van der Waals surface area contributed by atoms with Crippen LogP contribution in [0.3, 0.4) is 0 Å². The first kappa shape index (κ1) is 21.0. The maximum absolute atomic E-state index is 12.6. The summed E-state index contributed by atoms with van der Waals surface area (Å²) in [6.45, 7) is 10.6. The molecular formula is C22H31NO4. The monoisotopic (exact) mass is 373 g/mol. The van der Waals surface area contributed by atoms with Gasteiger partial charge in [0.1, 0.15) is 11.2 Å². The minimum Gasteiger partial charge on any atom is -0.464 e. The Balaban J connectivity index is 1.92. The summed E-state index contributed by atoms with van der Waals surface area (Å²) in [4.78, 5) is 26.3. The molecule has 0 saturated heterocycles. The Morgan fingerprint density at radius 3 is 2.56 bits per heavy atom. The molecule has 0 N–H and O–H groups in total. The van der Waals surface area contributed by atoms with Gasteiger partial charge in [-0.05, 0) is 57.4 Å². The molecule has 1 aromatic heterocycles. The molecule has 1 heterocycles. The van der Waals surface area contributed by atoms with Crippen molar-refractivity contribution in [3.05, 3.63) is 36.1 Å². The third-order valence-electron chi connectivity index (χ3n) is 4.17. The fourth-order valence-corrected chi connectivity index (χ4v) is 2.93. The Morgan fingerprint density at radius 1 is 1.15 bits per heavy atom. The van der Waals surface area contributed by atoms with E-state index in [1.54, 1.807) is 6.26 Å². The molecule has 0 aliphatic rings. The van der Waals surface area contributed by atoms with Gasteiger partial charge in [-0.1, -0.05) is 19.9 Å². The van der Waals surface area contributed by atoms with Crippen LogP contribution in [0.1, 0.15) is 59.4 Å². The van der Waals surface area contributed by atoms with Gasteiger partial charge in [0.05, 0.1) is 6.26 Å². The van der Waals surface area contributed by atoms with Crippen LogP contribution in [0.25, 0.3) is 11.0 Å². The minimum absolute atomic E-state index is 0.0616. The van der Waals surface area contributed by atoms with Crippen LogP contribution < -0.4 is 0 Å². The lowest BCUT2D eigenvalue weighted by Gasteiger charge is -2.25. The molecular weight excluding hydrogens is 342 g/mol. The van der Waals surface area contributed by atoms with Gasteiger partial charge in [-0.15, -0.1) is 0 Å². The van der Waals surface area contributed by atoms with Gasteiger partial charge >= 0.3 is 5.97 Å². The number of fused-ring (bicyclic) bond motifs is 1. The molecule has 1 amide bonds. The van der Waals surface area contributed by atoms with Gasteiger partial charge in [-0.25, -0.2) is 0 Å². The number of ether oxygens (including phenoxy) is 1. The van der Waals surface area contributed by atoms with Crippen molar-refractivity contribution < 1.29 is 18.7 Å². The molecule has 2 rings (SSSR count). The molecule has 0 aliphatic heterocycles. The van der Waals surface area contributed by atoms with Crippen LogP contribution in [-0.2, 0) is 20.9 Å². The van der Waals surface area contributed by atoms with E-state index in [0.717, 1.165) is 23.0 Å². The molecule has 0 spiro atoms. The maximum atomic E-state index is 12.6. The van der Waals surface area contributed by atoms with Crippen LogP contribution in [0.4, 0.5) is 0 Å². The van der Waals surface area contributed by atoms with E-state index < -0.39 is 5.60 Å². The van der Waals surface area contributed by atoms with Crippen LogP contribution in [0, 0.1) is 5.92 Å². The summed E-state index contributed by atoms with van der Waals surface area (Å²) in [6, 6.07) is 7.91. The Labute approximate surface area is 161 Å². The number of nitrogens with zero attached hydrogens (tertiary/aromatic N) is 1. The van der Waals surface area contributed by atoms with E-state index in [4.69, 9.17) is 9.15 Å². The number of unbranched alkanes of at least 4 members (excludes halogenated alkanes) is 1. The second-order valence-corrected chi connectivity index (χ2v) is 8.25. The van der Waals surface area contributed by atoms with Crippen molar-refractivity contribution in [2.45, 2.75) is 66.0 Å². The maximum Gasteiger partial charge on any atom is 0.306 e. The van der Waals surface area contributed by atoms with Crippen LogP contribution >= 0.6 is 0 Å². The number of hydrogen-bond donors (Lipinski definition) is 0. The van der Waals surface area contributed by atoms with Crippen molar-refractivity contribution >= 4 is 22.8 Å². The summed E-state index contributed by atoms with van der Waals surface area (Å²) in [5.41, 5.74) is 1.46. The van der Waals surface area contributed by atoms with Gasteiger partial charge < -0.3 is 14.1 Å². The summed E-state index contributed by atoms with van der Waals surface area (Å²) in [7, 11) is 0. The van der Waals surface area contributed by atoms with Gasteiger partial charge in [0.15, 0.2) is 0 Å². The topological polar surface area (TPSA) is 59.8 Å². The van der Waals surface area contributed by atoms with Gasteiger partial charge in [0.2, 0.25) is 5.91 Å². The van der Waals surface area contributed by atoms with Crippen LogP contribution in [0.5, 0.6) is 0 Å². The highest BCUT2D eigenvalue weighted by atomic mass is 16.6. The highest BCUT2D eigenvalue weighted by Gasteiger charge is 2.19. The molecule has 0 aliphatic carbocycles. The molecule has 0 radical (unpaired) electrons. The normalized spacial score (nSPS) is 11.8. The molecule has 0 bridgehead atoms. The van der Waals surface area contributed by atoms with E-state index in [1.807, 2.05) is 57.7 Å². The van der Waals surface area contributed by atoms with Crippen molar-refractivity contribution in [3.8, 4) is 0 Å². The first-order valence-corrected chi connectivity index (χ1v) is 9.62. The lowest BCUT2D eigenvalue weighted by Crippen LogP contribution is -2.34. The molecule has 0 unspecified atom stereocenters. The Kier molecular flexibility index (Phi) is 7.05. The number of carbonyl (C=O) groups is 2. The van der Waals surface area contributed by atoms with Gasteiger partial charge in [0.25, 0.3) is 0 Å². The average molecular weight is 373 g/mol. The van der Waals surface area contributed by atoms with E-state index in [2.05, 4.69) is 6.07 Å². The first-order valence-electron chi connectivity index (χ1n) is 9.62. The quantitative estimate of drug-likeness (QED) is 0.486. The first-order chi connectivity index (χ1) is 12.7. The molecule has 148 valence electrons. The number of esters is 1. The lowest BCUT2D eigenvalue weighted by atomic mass is 10.1. The molecule has 27 heavy (non-hydrogen) atoms. The van der Waals surface area contributed by atoms with E-state index in [-0.39, 0.29) is 17.8 Å². The molecule has 1 aromatic carbocycles. The zero-order valence-electron chi connectivity index (χ0n) is 17.1. The second kappa shape index (κ2) is 9.07. The Bertz CT molecular complexity index is 770. The average Bonchev–Trinajstić information content (AvgIpc) is 3.02. The zero-order chi connectivity index (χ0) is 20.0. The van der Waals surface area contributed by atoms with Crippen LogP contribution in [0.15, 0.2) is 34.9 Å². The van der Waals surface area contributed by atoms with Gasteiger partial charge in [-0.3, -0.25) is 9.59 Å². The fraction of sp³-hybridized carbons (Fsp3) is 0.545. The number of carbonyl (C=O) groups excluding carboxylic acids is 2. The van der Waals surface area contributed by atoms with Crippen molar-refractivity contribution in [2.24, 2.45) is 5.92 Å². The van der Waals surface area contributed by atoms with E-state index >= 15 is 0 Å². The van der Waals surface area contributed by atoms with Gasteiger partial charge in [0, 0.05) is 30.8 Å². The summed E-state index contributed by atoms with van der Waals surface area (Å²) in [5, 5.41) is 1.04.